The van der Waals surface area contributed by atoms with Gasteiger partial charge >= 0.3 is 12.0 Å². The highest BCUT2D eigenvalue weighted by Gasteiger charge is 2.52. The van der Waals surface area contributed by atoms with Gasteiger partial charge in [-0.3, -0.25) is 15.0 Å². The van der Waals surface area contributed by atoms with Crippen molar-refractivity contribution in [1.82, 2.24) is 15.8 Å². The quantitative estimate of drug-likeness (QED) is 0.571. The lowest BCUT2D eigenvalue weighted by molar-refractivity contribution is -0.140. The number of hydrogen-bond donors (Lipinski definition) is 2. The van der Waals surface area contributed by atoms with E-state index in [0.29, 0.717) is 23.4 Å². The van der Waals surface area contributed by atoms with Crippen LogP contribution in [-0.4, -0.2) is 41.0 Å². The van der Waals surface area contributed by atoms with Crippen LogP contribution in [0.15, 0.2) is 54.6 Å². The number of hydrogen-bond acceptors (Lipinski definition) is 5. The Bertz CT molecular complexity index is 998. The second-order valence-corrected chi connectivity index (χ2v) is 7.77. The maximum atomic E-state index is 12.7. The fourth-order valence-electron chi connectivity index (χ4n) is 4.02. The lowest BCUT2D eigenvalue weighted by Crippen LogP contribution is -2.51. The topological polar surface area (TPSA) is 105 Å². The summed E-state index contributed by atoms with van der Waals surface area (Å²) < 4.78 is 5.03. The highest BCUT2D eigenvalue weighted by molar-refractivity contribution is 6.08. The molecule has 1 spiro atoms. The third kappa shape index (κ3) is 4.28. The van der Waals surface area contributed by atoms with E-state index in [9.17, 15) is 19.2 Å². The Labute approximate surface area is 179 Å². The van der Waals surface area contributed by atoms with E-state index in [1.54, 1.807) is 24.3 Å². The first-order valence-corrected chi connectivity index (χ1v) is 10.3. The standard InChI is InChI=1S/C23H23N3O5/c27-19(25-26-21(29)23(24-22(26)30)13-5-2-6-14-23)15-31-20(28)18-11-9-17(10-12-18)16-7-3-1-4-8-16/h1,3-4,7-12H,2,5-6,13-15H2,(H,24,30)(H,25,27). The molecule has 1 aliphatic carbocycles. The number of nitrogens with zero attached hydrogens (tertiary/aromatic N) is 1. The summed E-state index contributed by atoms with van der Waals surface area (Å²) in [5, 5.41) is 3.39. The summed E-state index contributed by atoms with van der Waals surface area (Å²) in [6.07, 6.45) is 3.80. The molecule has 0 aromatic heterocycles. The van der Waals surface area contributed by atoms with Gasteiger partial charge in [-0.25, -0.2) is 9.59 Å². The molecule has 0 radical (unpaired) electrons. The molecule has 4 amide bonds. The van der Waals surface area contributed by atoms with Crippen LogP contribution in [0.2, 0.25) is 0 Å². The molecule has 2 aromatic rings. The van der Waals surface area contributed by atoms with E-state index in [2.05, 4.69) is 10.7 Å². The number of rotatable bonds is 5. The van der Waals surface area contributed by atoms with Crippen LogP contribution >= 0.6 is 0 Å². The lowest BCUT2D eigenvalue weighted by atomic mass is 9.82. The van der Waals surface area contributed by atoms with E-state index in [4.69, 9.17) is 4.74 Å². The van der Waals surface area contributed by atoms with Gasteiger partial charge in [0.15, 0.2) is 6.61 Å². The molecule has 2 aliphatic rings. The molecule has 1 saturated carbocycles. The van der Waals surface area contributed by atoms with Gasteiger partial charge in [-0.15, -0.1) is 0 Å². The molecular formula is C23H23N3O5. The van der Waals surface area contributed by atoms with Gasteiger partial charge in [-0.05, 0) is 36.1 Å². The third-order valence-electron chi connectivity index (χ3n) is 5.67. The van der Waals surface area contributed by atoms with Gasteiger partial charge in [0.25, 0.3) is 11.8 Å². The SMILES string of the molecule is O=C(COC(=O)c1ccc(-c2ccccc2)cc1)NN1C(=O)NC2(CCCCC2)C1=O. The molecule has 0 atom stereocenters. The van der Waals surface area contributed by atoms with Gasteiger partial charge < -0.3 is 10.1 Å². The smallest absolute Gasteiger partial charge is 0.344 e. The maximum Gasteiger partial charge on any atom is 0.344 e. The van der Waals surface area contributed by atoms with E-state index in [0.717, 1.165) is 30.4 Å². The Balaban J connectivity index is 1.31. The van der Waals surface area contributed by atoms with E-state index in [-0.39, 0.29) is 0 Å². The Morgan fingerprint density at radius 1 is 0.935 bits per heavy atom. The number of amides is 4. The van der Waals surface area contributed by atoms with Crippen molar-refractivity contribution in [3.63, 3.8) is 0 Å². The number of nitrogens with one attached hydrogen (secondary N) is 2. The van der Waals surface area contributed by atoms with Crippen molar-refractivity contribution in [2.75, 3.05) is 6.61 Å². The number of imide groups is 1. The maximum absolute atomic E-state index is 12.7. The van der Waals surface area contributed by atoms with Crippen LogP contribution < -0.4 is 10.7 Å². The Morgan fingerprint density at radius 3 is 2.26 bits per heavy atom. The largest absolute Gasteiger partial charge is 0.452 e. The van der Waals surface area contributed by atoms with Crippen molar-refractivity contribution in [3.05, 3.63) is 60.2 Å². The molecule has 8 heteroatoms. The molecule has 0 bridgehead atoms. The minimum absolute atomic E-state index is 0.295. The molecule has 1 aliphatic heterocycles. The first kappa shape index (κ1) is 20.6. The molecule has 8 nitrogen and oxygen atoms in total. The molecule has 160 valence electrons. The van der Waals surface area contributed by atoms with Gasteiger partial charge in [0.05, 0.1) is 5.56 Å². The summed E-state index contributed by atoms with van der Waals surface area (Å²) in [4.78, 5) is 49.2. The summed E-state index contributed by atoms with van der Waals surface area (Å²) in [6, 6.07) is 15.9. The summed E-state index contributed by atoms with van der Waals surface area (Å²) in [5.41, 5.74) is 3.58. The molecule has 2 aromatic carbocycles. The predicted octanol–water partition coefficient (Wildman–Crippen LogP) is 2.80. The Hall–Kier alpha value is -3.68. The van der Waals surface area contributed by atoms with Crippen molar-refractivity contribution >= 4 is 23.8 Å². The number of benzene rings is 2. The Morgan fingerprint density at radius 2 is 1.58 bits per heavy atom. The normalized spacial score (nSPS) is 17.4. The highest BCUT2D eigenvalue weighted by atomic mass is 16.5. The molecular weight excluding hydrogens is 398 g/mol. The number of ether oxygens (including phenoxy) is 1. The van der Waals surface area contributed by atoms with Gasteiger partial charge in [0, 0.05) is 0 Å². The monoisotopic (exact) mass is 421 g/mol. The van der Waals surface area contributed by atoms with E-state index < -0.39 is 36.0 Å². The molecule has 0 unspecified atom stereocenters. The van der Waals surface area contributed by atoms with Gasteiger partial charge in [-0.2, -0.15) is 5.01 Å². The number of carbonyl (C=O) groups is 4. The van der Waals surface area contributed by atoms with Crippen LogP contribution in [0, 0.1) is 0 Å². The van der Waals surface area contributed by atoms with Gasteiger partial charge in [0.1, 0.15) is 5.54 Å². The summed E-state index contributed by atoms with van der Waals surface area (Å²) in [6.45, 7) is -0.608. The van der Waals surface area contributed by atoms with Crippen LogP contribution in [0.1, 0.15) is 42.5 Å². The zero-order valence-corrected chi connectivity index (χ0v) is 16.9. The van der Waals surface area contributed by atoms with Crippen molar-refractivity contribution in [3.8, 4) is 11.1 Å². The molecule has 31 heavy (non-hydrogen) atoms. The van der Waals surface area contributed by atoms with Crippen LogP contribution in [0.4, 0.5) is 4.79 Å². The number of urea groups is 1. The zero-order valence-electron chi connectivity index (χ0n) is 16.9. The van der Waals surface area contributed by atoms with E-state index in [1.807, 2.05) is 30.3 Å². The fourth-order valence-corrected chi connectivity index (χ4v) is 4.02. The average Bonchev–Trinajstić information content (AvgIpc) is 3.02. The van der Waals surface area contributed by atoms with E-state index in [1.165, 1.54) is 0 Å². The van der Waals surface area contributed by atoms with Crippen LogP contribution in [0.5, 0.6) is 0 Å². The summed E-state index contributed by atoms with van der Waals surface area (Å²) >= 11 is 0. The van der Waals surface area contributed by atoms with Gasteiger partial charge in [0.2, 0.25) is 0 Å². The molecule has 2 N–H and O–H groups in total. The van der Waals surface area contributed by atoms with E-state index >= 15 is 0 Å². The average molecular weight is 421 g/mol. The number of hydrazine groups is 1. The first-order valence-electron chi connectivity index (χ1n) is 10.3. The number of esters is 1. The van der Waals surface area contributed by atoms with Crippen molar-refractivity contribution in [2.24, 2.45) is 0 Å². The lowest BCUT2D eigenvalue weighted by Gasteiger charge is -2.30. The number of carbonyl (C=O) groups excluding carboxylic acids is 4. The molecule has 2 fully saturated rings. The van der Waals surface area contributed by atoms with Crippen LogP contribution in [0.3, 0.4) is 0 Å². The zero-order chi connectivity index (χ0) is 21.8. The molecule has 1 saturated heterocycles. The van der Waals surface area contributed by atoms with Crippen molar-refractivity contribution in [2.45, 2.75) is 37.6 Å². The van der Waals surface area contributed by atoms with Gasteiger partial charge in [-0.1, -0.05) is 61.7 Å². The highest BCUT2D eigenvalue weighted by Crippen LogP contribution is 2.33. The second kappa shape index (κ2) is 8.59. The molecule has 4 rings (SSSR count). The predicted molar refractivity (Wildman–Crippen MR) is 111 cm³/mol. The summed E-state index contributed by atoms with van der Waals surface area (Å²) in [5.74, 6) is -1.89. The van der Waals surface area contributed by atoms with Crippen molar-refractivity contribution < 1.29 is 23.9 Å². The van der Waals surface area contributed by atoms with Crippen molar-refractivity contribution in [1.29, 1.82) is 0 Å². The first-order chi connectivity index (χ1) is 15.0. The van der Waals surface area contributed by atoms with Crippen LogP contribution in [0.25, 0.3) is 11.1 Å². The summed E-state index contributed by atoms with van der Waals surface area (Å²) in [7, 11) is 0. The second-order valence-electron chi connectivity index (χ2n) is 7.77. The third-order valence-corrected chi connectivity index (χ3v) is 5.67. The Kier molecular flexibility index (Phi) is 5.70. The molecule has 1 heterocycles. The minimum atomic E-state index is -0.931. The minimum Gasteiger partial charge on any atom is -0.452 e. The van der Waals surface area contributed by atoms with Crippen LogP contribution in [-0.2, 0) is 14.3 Å². The fraction of sp³-hybridized carbons (Fsp3) is 0.304.